The fourth-order valence-corrected chi connectivity index (χ4v) is 3.28. The summed E-state index contributed by atoms with van der Waals surface area (Å²) < 4.78 is 11.8. The molecule has 1 aromatic heterocycles. The van der Waals surface area contributed by atoms with Gasteiger partial charge in [-0.1, -0.05) is 6.07 Å². The number of benzene rings is 1. The van der Waals surface area contributed by atoms with E-state index in [9.17, 15) is 4.79 Å². The molecule has 0 radical (unpaired) electrons. The second-order valence-corrected chi connectivity index (χ2v) is 6.64. The number of carbonyl (C=O) groups excluding carboxylic acids is 1. The van der Waals surface area contributed by atoms with E-state index >= 15 is 0 Å². The van der Waals surface area contributed by atoms with Crippen LogP contribution in [0.25, 0.3) is 0 Å². The van der Waals surface area contributed by atoms with Crippen molar-refractivity contribution in [2.45, 2.75) is 13.0 Å². The highest BCUT2D eigenvalue weighted by molar-refractivity contribution is 9.10. The number of halogens is 1. The topological polar surface area (TPSA) is 59.6 Å². The molecule has 3 rings (SSSR count). The number of fused-ring (bicyclic) bond motifs is 1. The third-order valence-corrected chi connectivity index (χ3v) is 4.91. The lowest BCUT2D eigenvalue weighted by Gasteiger charge is -2.20. The van der Waals surface area contributed by atoms with Crippen LogP contribution < -0.4 is 20.1 Å². The molecule has 1 atom stereocenters. The molecule has 0 bridgehead atoms. The second-order valence-electron chi connectivity index (χ2n) is 4.81. The van der Waals surface area contributed by atoms with Crippen LogP contribution in [0.15, 0.2) is 34.1 Å². The molecule has 1 aliphatic rings. The van der Waals surface area contributed by atoms with Crippen molar-refractivity contribution in [2.75, 3.05) is 18.5 Å². The number of hydrogen-bond acceptors (Lipinski definition) is 4. The maximum atomic E-state index is 12.1. The fourth-order valence-electron chi connectivity index (χ4n) is 2.12. The Morgan fingerprint density at radius 3 is 2.73 bits per heavy atom. The van der Waals surface area contributed by atoms with E-state index in [0.29, 0.717) is 30.4 Å². The van der Waals surface area contributed by atoms with Gasteiger partial charge in [0.25, 0.3) is 0 Å². The first-order valence-electron chi connectivity index (χ1n) is 6.83. The summed E-state index contributed by atoms with van der Waals surface area (Å²) in [5, 5.41) is 7.72. The van der Waals surface area contributed by atoms with E-state index in [4.69, 9.17) is 9.47 Å². The average molecular weight is 383 g/mol. The Labute approximate surface area is 140 Å². The molecule has 5 nitrogen and oxygen atoms in total. The zero-order valence-corrected chi connectivity index (χ0v) is 14.3. The lowest BCUT2D eigenvalue weighted by atomic mass is 10.2. The number of anilines is 1. The Hall–Kier alpha value is -1.73. The molecule has 7 heteroatoms. The number of thiophene rings is 1. The molecule has 2 amide bonds. The highest BCUT2D eigenvalue weighted by Gasteiger charge is 2.17. The smallest absolute Gasteiger partial charge is 0.319 e. The number of carbonyl (C=O) groups is 1. The van der Waals surface area contributed by atoms with Crippen LogP contribution in [-0.2, 0) is 0 Å². The van der Waals surface area contributed by atoms with Gasteiger partial charge in [-0.05, 0) is 34.3 Å². The van der Waals surface area contributed by atoms with E-state index in [1.807, 2.05) is 24.4 Å². The van der Waals surface area contributed by atoms with Gasteiger partial charge in [0.15, 0.2) is 11.5 Å². The molecule has 1 aliphatic heterocycles. The predicted molar refractivity (Wildman–Crippen MR) is 90.0 cm³/mol. The number of nitrogens with one attached hydrogen (secondary N) is 2. The molecule has 116 valence electrons. The van der Waals surface area contributed by atoms with Crippen LogP contribution in [0.1, 0.15) is 17.8 Å². The van der Waals surface area contributed by atoms with Gasteiger partial charge >= 0.3 is 6.03 Å². The number of urea groups is 1. The van der Waals surface area contributed by atoms with Crippen molar-refractivity contribution in [3.05, 3.63) is 39.0 Å². The van der Waals surface area contributed by atoms with E-state index in [2.05, 4.69) is 26.6 Å². The predicted octanol–water partition coefficient (Wildman–Crippen LogP) is 4.16. The molecule has 2 heterocycles. The molecule has 0 unspecified atom stereocenters. The average Bonchev–Trinajstić information content (AvgIpc) is 3.02. The molecule has 0 saturated heterocycles. The van der Waals surface area contributed by atoms with Crippen LogP contribution in [0.2, 0.25) is 0 Å². The minimum absolute atomic E-state index is 0.0454. The van der Waals surface area contributed by atoms with Crippen LogP contribution in [-0.4, -0.2) is 19.2 Å². The van der Waals surface area contributed by atoms with Gasteiger partial charge in [0.2, 0.25) is 0 Å². The van der Waals surface area contributed by atoms with E-state index in [1.54, 1.807) is 23.5 Å². The van der Waals surface area contributed by atoms with Gasteiger partial charge in [0.05, 0.1) is 11.7 Å². The van der Waals surface area contributed by atoms with Gasteiger partial charge in [-0.15, -0.1) is 11.3 Å². The van der Waals surface area contributed by atoms with E-state index in [1.165, 1.54) is 0 Å². The van der Waals surface area contributed by atoms with Crippen molar-refractivity contribution < 1.29 is 14.3 Å². The zero-order chi connectivity index (χ0) is 15.5. The summed E-state index contributed by atoms with van der Waals surface area (Å²) in [6.45, 7) is 2.99. The first-order chi connectivity index (χ1) is 10.6. The Morgan fingerprint density at radius 1 is 1.32 bits per heavy atom. The molecule has 0 spiro atoms. The SMILES string of the molecule is C[C@H](NC(=O)Nc1cc2c(cc1Br)OCCO2)c1cccs1. The summed E-state index contributed by atoms with van der Waals surface area (Å²) in [5.74, 6) is 1.31. The summed E-state index contributed by atoms with van der Waals surface area (Å²) in [6.07, 6.45) is 0. The molecule has 2 N–H and O–H groups in total. The summed E-state index contributed by atoms with van der Waals surface area (Å²) in [4.78, 5) is 13.2. The number of rotatable bonds is 3. The van der Waals surface area contributed by atoms with Crippen LogP contribution in [0.5, 0.6) is 11.5 Å². The maximum Gasteiger partial charge on any atom is 0.319 e. The monoisotopic (exact) mass is 382 g/mol. The van der Waals surface area contributed by atoms with Crippen molar-refractivity contribution in [3.63, 3.8) is 0 Å². The van der Waals surface area contributed by atoms with Crippen molar-refractivity contribution >= 4 is 39.0 Å². The molecule has 22 heavy (non-hydrogen) atoms. The van der Waals surface area contributed by atoms with Gasteiger partial charge in [0.1, 0.15) is 13.2 Å². The Kier molecular flexibility index (Phi) is 4.54. The van der Waals surface area contributed by atoms with Gasteiger partial charge < -0.3 is 20.1 Å². The summed E-state index contributed by atoms with van der Waals surface area (Å²) in [6, 6.07) is 7.21. The second kappa shape index (κ2) is 6.58. The normalized spacial score (nSPS) is 14.3. The molecule has 0 fully saturated rings. The van der Waals surface area contributed by atoms with E-state index in [-0.39, 0.29) is 12.1 Å². The lowest BCUT2D eigenvalue weighted by Crippen LogP contribution is -2.31. The number of amides is 2. The minimum Gasteiger partial charge on any atom is -0.486 e. The summed E-state index contributed by atoms with van der Waals surface area (Å²) >= 11 is 5.05. The highest BCUT2D eigenvalue weighted by Crippen LogP contribution is 2.38. The van der Waals surface area contributed by atoms with Crippen molar-refractivity contribution in [1.82, 2.24) is 5.32 Å². The Morgan fingerprint density at radius 2 is 2.05 bits per heavy atom. The van der Waals surface area contributed by atoms with Crippen molar-refractivity contribution in [3.8, 4) is 11.5 Å². The standard InChI is InChI=1S/C15H15BrN2O3S/c1-9(14-3-2-6-22-14)17-15(19)18-11-8-13-12(7-10(11)16)20-4-5-21-13/h2-3,6-9H,4-5H2,1H3,(H2,17,18,19)/t9-/m0/s1. The molecule has 2 aromatic rings. The third kappa shape index (κ3) is 3.36. The molecular formula is C15H15BrN2O3S. The van der Waals surface area contributed by atoms with Gasteiger partial charge in [-0.3, -0.25) is 0 Å². The van der Waals surface area contributed by atoms with Gasteiger partial charge in [0, 0.05) is 21.5 Å². The van der Waals surface area contributed by atoms with Crippen LogP contribution in [0.3, 0.4) is 0 Å². The minimum atomic E-state index is -0.265. The van der Waals surface area contributed by atoms with E-state index < -0.39 is 0 Å². The molecule has 0 saturated carbocycles. The zero-order valence-electron chi connectivity index (χ0n) is 11.9. The number of hydrogen-bond donors (Lipinski definition) is 2. The first kappa shape index (κ1) is 15.2. The largest absolute Gasteiger partial charge is 0.486 e. The summed E-state index contributed by atoms with van der Waals surface area (Å²) in [5.41, 5.74) is 0.639. The lowest BCUT2D eigenvalue weighted by molar-refractivity contribution is 0.171. The van der Waals surface area contributed by atoms with Crippen LogP contribution in [0, 0.1) is 0 Å². The first-order valence-corrected chi connectivity index (χ1v) is 8.51. The maximum absolute atomic E-state index is 12.1. The van der Waals surface area contributed by atoms with E-state index in [0.717, 1.165) is 9.35 Å². The number of ether oxygens (including phenoxy) is 2. The highest BCUT2D eigenvalue weighted by atomic mass is 79.9. The fraction of sp³-hybridized carbons (Fsp3) is 0.267. The van der Waals surface area contributed by atoms with Crippen LogP contribution in [0.4, 0.5) is 10.5 Å². The Bertz CT molecular complexity index is 676. The quantitative estimate of drug-likeness (QED) is 0.837. The molecular weight excluding hydrogens is 368 g/mol. The van der Waals surface area contributed by atoms with Crippen molar-refractivity contribution in [1.29, 1.82) is 0 Å². The van der Waals surface area contributed by atoms with Crippen LogP contribution >= 0.6 is 27.3 Å². The Balaban J connectivity index is 1.68. The van der Waals surface area contributed by atoms with Gasteiger partial charge in [-0.25, -0.2) is 4.79 Å². The third-order valence-electron chi connectivity index (χ3n) is 3.20. The molecule has 0 aliphatic carbocycles. The summed E-state index contributed by atoms with van der Waals surface area (Å²) in [7, 11) is 0. The van der Waals surface area contributed by atoms with Crippen molar-refractivity contribution in [2.24, 2.45) is 0 Å². The van der Waals surface area contributed by atoms with Gasteiger partial charge in [-0.2, -0.15) is 0 Å². The molecule has 1 aromatic carbocycles.